The number of benzene rings is 1. The average molecular weight is 329 g/mol. The monoisotopic (exact) mass is 329 g/mol. The van der Waals surface area contributed by atoms with E-state index >= 15 is 0 Å². The molecular formula is C20H31N3O. The molecule has 2 aliphatic rings. The second kappa shape index (κ2) is 7.56. The molecule has 1 unspecified atom stereocenters. The highest BCUT2D eigenvalue weighted by Gasteiger charge is 2.29. The highest BCUT2D eigenvalue weighted by molar-refractivity contribution is 5.73. The largest absolute Gasteiger partial charge is 0.381 e. The van der Waals surface area contributed by atoms with Crippen molar-refractivity contribution < 1.29 is 4.79 Å². The summed E-state index contributed by atoms with van der Waals surface area (Å²) in [7, 11) is 0. The summed E-state index contributed by atoms with van der Waals surface area (Å²) in [5.74, 6) is 0.223. The van der Waals surface area contributed by atoms with Crippen molar-refractivity contribution in [3.63, 3.8) is 0 Å². The highest BCUT2D eigenvalue weighted by atomic mass is 16.2. The maximum atomic E-state index is 11.5. The molecule has 1 amide bonds. The molecule has 3 rings (SSSR count). The fourth-order valence-electron chi connectivity index (χ4n) is 4.07. The zero-order valence-corrected chi connectivity index (χ0v) is 15.3. The van der Waals surface area contributed by atoms with Crippen LogP contribution in [0.4, 0.5) is 5.69 Å². The van der Waals surface area contributed by atoms with Gasteiger partial charge in [0.15, 0.2) is 0 Å². The van der Waals surface area contributed by atoms with E-state index in [2.05, 4.69) is 42.3 Å². The molecule has 1 aromatic rings. The molecule has 0 aromatic heterocycles. The Balaban J connectivity index is 1.54. The summed E-state index contributed by atoms with van der Waals surface area (Å²) in [4.78, 5) is 16.1. The fourth-order valence-corrected chi connectivity index (χ4v) is 4.07. The van der Waals surface area contributed by atoms with Crippen LogP contribution in [0, 0.1) is 13.8 Å². The van der Waals surface area contributed by atoms with E-state index in [1.165, 1.54) is 36.2 Å². The van der Waals surface area contributed by atoms with Gasteiger partial charge in [0.2, 0.25) is 5.91 Å². The van der Waals surface area contributed by atoms with Crippen LogP contribution in [0.1, 0.15) is 43.7 Å². The first kappa shape index (κ1) is 17.3. The minimum atomic E-state index is 0.223. The SMILES string of the molecule is CC(=O)N1CCC(N2CCCC(Nc3ccc(C)c(C)c3)C2)CC1. The molecule has 1 atom stereocenters. The summed E-state index contributed by atoms with van der Waals surface area (Å²) in [6, 6.07) is 7.85. The number of nitrogens with zero attached hydrogens (tertiary/aromatic N) is 2. The molecule has 4 heteroatoms. The molecule has 4 nitrogen and oxygen atoms in total. The number of aryl methyl sites for hydroxylation is 2. The van der Waals surface area contributed by atoms with Gasteiger partial charge >= 0.3 is 0 Å². The van der Waals surface area contributed by atoms with Crippen LogP contribution in [0.25, 0.3) is 0 Å². The third-order valence-electron chi connectivity index (χ3n) is 5.76. The van der Waals surface area contributed by atoms with E-state index in [0.717, 1.165) is 32.5 Å². The quantitative estimate of drug-likeness (QED) is 0.925. The van der Waals surface area contributed by atoms with Crippen LogP contribution >= 0.6 is 0 Å². The smallest absolute Gasteiger partial charge is 0.219 e. The van der Waals surface area contributed by atoms with Crippen LogP contribution in [-0.4, -0.2) is 54.0 Å². The molecule has 0 saturated carbocycles. The summed E-state index contributed by atoms with van der Waals surface area (Å²) < 4.78 is 0. The van der Waals surface area contributed by atoms with E-state index in [9.17, 15) is 4.79 Å². The summed E-state index contributed by atoms with van der Waals surface area (Å²) >= 11 is 0. The Hall–Kier alpha value is -1.55. The van der Waals surface area contributed by atoms with E-state index in [0.29, 0.717) is 12.1 Å². The molecule has 1 N–H and O–H groups in total. The number of carbonyl (C=O) groups is 1. The molecular weight excluding hydrogens is 298 g/mol. The van der Waals surface area contributed by atoms with Gasteiger partial charge < -0.3 is 10.2 Å². The molecule has 2 fully saturated rings. The minimum absolute atomic E-state index is 0.223. The summed E-state index contributed by atoms with van der Waals surface area (Å²) in [5.41, 5.74) is 3.95. The standard InChI is InChI=1S/C20H31N3O/c1-15-6-7-18(13-16(15)2)21-19-5-4-10-23(14-19)20-8-11-22(12-9-20)17(3)24/h6-7,13,19-21H,4-5,8-12,14H2,1-3H3. The first-order chi connectivity index (χ1) is 11.5. The molecule has 0 spiro atoms. The van der Waals surface area contributed by atoms with Crippen LogP contribution in [0.2, 0.25) is 0 Å². The topological polar surface area (TPSA) is 35.6 Å². The van der Waals surface area contributed by atoms with Crippen molar-refractivity contribution in [2.75, 3.05) is 31.5 Å². The van der Waals surface area contributed by atoms with Gasteiger partial charge in [-0.15, -0.1) is 0 Å². The zero-order chi connectivity index (χ0) is 17.1. The van der Waals surface area contributed by atoms with Gasteiger partial charge in [0.1, 0.15) is 0 Å². The Kier molecular flexibility index (Phi) is 5.44. The fraction of sp³-hybridized carbons (Fsp3) is 0.650. The van der Waals surface area contributed by atoms with Gasteiger partial charge in [0.25, 0.3) is 0 Å². The van der Waals surface area contributed by atoms with Gasteiger partial charge in [-0.2, -0.15) is 0 Å². The number of nitrogens with one attached hydrogen (secondary N) is 1. The maximum Gasteiger partial charge on any atom is 0.219 e. The molecule has 24 heavy (non-hydrogen) atoms. The number of hydrogen-bond acceptors (Lipinski definition) is 3. The second-order valence-corrected chi connectivity index (χ2v) is 7.51. The van der Waals surface area contributed by atoms with Crippen LogP contribution < -0.4 is 5.32 Å². The molecule has 2 saturated heterocycles. The maximum absolute atomic E-state index is 11.5. The van der Waals surface area contributed by atoms with Crippen molar-refractivity contribution in [2.24, 2.45) is 0 Å². The lowest BCUT2D eigenvalue weighted by Crippen LogP contribution is -2.51. The van der Waals surface area contributed by atoms with Crippen LogP contribution in [-0.2, 0) is 4.79 Å². The number of amides is 1. The number of anilines is 1. The minimum Gasteiger partial charge on any atom is -0.381 e. The van der Waals surface area contributed by atoms with Crippen molar-refractivity contribution in [3.05, 3.63) is 29.3 Å². The van der Waals surface area contributed by atoms with Gasteiger partial charge in [-0.3, -0.25) is 9.69 Å². The van der Waals surface area contributed by atoms with E-state index in [1.54, 1.807) is 6.92 Å². The average Bonchev–Trinajstić information content (AvgIpc) is 2.58. The van der Waals surface area contributed by atoms with Crippen LogP contribution in [0.3, 0.4) is 0 Å². The van der Waals surface area contributed by atoms with Crippen molar-refractivity contribution in [2.45, 2.75) is 58.5 Å². The van der Waals surface area contributed by atoms with Gasteiger partial charge in [0, 0.05) is 44.3 Å². The van der Waals surface area contributed by atoms with Crippen molar-refractivity contribution in [3.8, 4) is 0 Å². The normalized spacial score (nSPS) is 23.3. The Morgan fingerprint density at radius 3 is 2.50 bits per heavy atom. The molecule has 0 bridgehead atoms. The predicted octanol–water partition coefficient (Wildman–Crippen LogP) is 3.19. The molecule has 1 aromatic carbocycles. The Morgan fingerprint density at radius 1 is 1.08 bits per heavy atom. The molecule has 132 valence electrons. The van der Waals surface area contributed by atoms with Gasteiger partial charge in [-0.25, -0.2) is 0 Å². The number of carbonyl (C=O) groups excluding carboxylic acids is 1. The zero-order valence-electron chi connectivity index (χ0n) is 15.3. The van der Waals surface area contributed by atoms with E-state index in [-0.39, 0.29) is 5.91 Å². The summed E-state index contributed by atoms with van der Waals surface area (Å²) in [6.45, 7) is 10.2. The number of likely N-dealkylation sites (tertiary alicyclic amines) is 2. The van der Waals surface area contributed by atoms with Gasteiger partial charge in [-0.1, -0.05) is 6.07 Å². The number of piperidine rings is 2. The van der Waals surface area contributed by atoms with Crippen LogP contribution in [0.5, 0.6) is 0 Å². The lowest BCUT2D eigenvalue weighted by Gasteiger charge is -2.42. The summed E-state index contributed by atoms with van der Waals surface area (Å²) in [6.07, 6.45) is 4.75. The predicted molar refractivity (Wildman–Crippen MR) is 99.4 cm³/mol. The Morgan fingerprint density at radius 2 is 1.83 bits per heavy atom. The highest BCUT2D eigenvalue weighted by Crippen LogP contribution is 2.23. The molecule has 0 aliphatic carbocycles. The van der Waals surface area contributed by atoms with Crippen molar-refractivity contribution in [1.29, 1.82) is 0 Å². The first-order valence-electron chi connectivity index (χ1n) is 9.36. The van der Waals surface area contributed by atoms with E-state index < -0.39 is 0 Å². The van der Waals surface area contributed by atoms with Crippen LogP contribution in [0.15, 0.2) is 18.2 Å². The van der Waals surface area contributed by atoms with Gasteiger partial charge in [0.05, 0.1) is 0 Å². The van der Waals surface area contributed by atoms with E-state index in [4.69, 9.17) is 0 Å². The van der Waals surface area contributed by atoms with E-state index in [1.807, 2.05) is 4.90 Å². The molecule has 0 radical (unpaired) electrons. The third kappa shape index (κ3) is 4.10. The van der Waals surface area contributed by atoms with Crippen molar-refractivity contribution >= 4 is 11.6 Å². The second-order valence-electron chi connectivity index (χ2n) is 7.51. The lowest BCUT2D eigenvalue weighted by atomic mass is 9.97. The third-order valence-corrected chi connectivity index (χ3v) is 5.76. The molecule has 2 aliphatic heterocycles. The Bertz CT molecular complexity index is 578. The lowest BCUT2D eigenvalue weighted by molar-refractivity contribution is -0.130. The van der Waals surface area contributed by atoms with Gasteiger partial charge in [-0.05, 0) is 69.3 Å². The number of hydrogen-bond donors (Lipinski definition) is 1. The van der Waals surface area contributed by atoms with Crippen molar-refractivity contribution in [1.82, 2.24) is 9.80 Å². The Labute approximate surface area is 146 Å². The number of rotatable bonds is 3. The molecule has 2 heterocycles. The first-order valence-corrected chi connectivity index (χ1v) is 9.36. The summed E-state index contributed by atoms with van der Waals surface area (Å²) in [5, 5.41) is 3.74.